The summed E-state index contributed by atoms with van der Waals surface area (Å²) in [4.78, 5) is 27.2. The highest BCUT2D eigenvalue weighted by atomic mass is 16.5. The molecule has 0 atom stereocenters. The number of ether oxygens (including phenoxy) is 2. The maximum Gasteiger partial charge on any atom is 0.338 e. The molecule has 0 spiro atoms. The first-order valence-corrected chi connectivity index (χ1v) is 8.43. The van der Waals surface area contributed by atoms with Crippen LogP contribution in [0.5, 0.6) is 5.75 Å². The fourth-order valence-corrected chi connectivity index (χ4v) is 2.41. The Morgan fingerprint density at radius 1 is 1.11 bits per heavy atom. The van der Waals surface area contributed by atoms with Gasteiger partial charge in [0.1, 0.15) is 24.3 Å². The van der Waals surface area contributed by atoms with Crippen molar-refractivity contribution < 1.29 is 23.5 Å². The zero-order valence-electron chi connectivity index (χ0n) is 15.2. The lowest BCUT2D eigenvalue weighted by molar-refractivity contribution is 0.0467. The highest BCUT2D eigenvalue weighted by molar-refractivity contribution is 5.89. The molecule has 1 aromatic heterocycles. The number of urea groups is 1. The Morgan fingerprint density at radius 3 is 2.46 bits per heavy atom. The number of rotatable bonds is 7. The highest BCUT2D eigenvalue weighted by Gasteiger charge is 2.11. The molecule has 0 aliphatic heterocycles. The van der Waals surface area contributed by atoms with Gasteiger partial charge in [0, 0.05) is 12.1 Å². The van der Waals surface area contributed by atoms with Gasteiger partial charge in [-0.3, -0.25) is 0 Å². The lowest BCUT2D eigenvalue weighted by Crippen LogP contribution is -2.28. The smallest absolute Gasteiger partial charge is 0.338 e. The Kier molecular flexibility index (Phi) is 5.91. The van der Waals surface area contributed by atoms with Gasteiger partial charge in [0.2, 0.25) is 5.89 Å². The van der Waals surface area contributed by atoms with Crippen molar-refractivity contribution >= 4 is 12.0 Å². The van der Waals surface area contributed by atoms with Gasteiger partial charge in [-0.25, -0.2) is 14.6 Å². The van der Waals surface area contributed by atoms with Crippen molar-refractivity contribution in [1.29, 1.82) is 0 Å². The molecule has 1 heterocycles. The molecule has 3 rings (SSSR count). The first-order chi connectivity index (χ1) is 13.5. The van der Waals surface area contributed by atoms with Crippen molar-refractivity contribution in [3.8, 4) is 17.2 Å². The van der Waals surface area contributed by atoms with Crippen LogP contribution in [0.4, 0.5) is 4.79 Å². The number of hydrogen-bond acceptors (Lipinski definition) is 6. The minimum atomic E-state index is -0.606. The standard InChI is InChI=1S/C20H19N3O5/c1-26-17-8-6-14(7-9-17)18-23-16(11-27-18)12-28-19(24)15-4-2-13(3-5-15)10-22-20(21)25/h2-9,11H,10,12H2,1H3,(H3,21,22,25). The molecule has 0 aliphatic carbocycles. The van der Waals surface area contributed by atoms with Crippen molar-refractivity contribution in [2.45, 2.75) is 13.2 Å². The summed E-state index contributed by atoms with van der Waals surface area (Å²) < 4.78 is 15.8. The zero-order valence-corrected chi connectivity index (χ0v) is 15.2. The average Bonchev–Trinajstić information content (AvgIpc) is 3.20. The molecule has 2 amide bonds. The van der Waals surface area contributed by atoms with Crippen molar-refractivity contribution in [1.82, 2.24) is 10.3 Å². The number of primary amides is 1. The van der Waals surface area contributed by atoms with E-state index in [2.05, 4.69) is 10.3 Å². The summed E-state index contributed by atoms with van der Waals surface area (Å²) in [5, 5.41) is 2.48. The third-order valence-corrected chi connectivity index (χ3v) is 3.90. The fraction of sp³-hybridized carbons (Fsp3) is 0.150. The van der Waals surface area contributed by atoms with Gasteiger partial charge in [-0.2, -0.15) is 0 Å². The van der Waals surface area contributed by atoms with Crippen LogP contribution >= 0.6 is 0 Å². The minimum absolute atomic E-state index is 0.0104. The van der Waals surface area contributed by atoms with Crippen LogP contribution in [-0.2, 0) is 17.9 Å². The van der Waals surface area contributed by atoms with E-state index in [1.54, 1.807) is 31.4 Å². The van der Waals surface area contributed by atoms with Crippen LogP contribution in [0, 0.1) is 0 Å². The number of carbonyl (C=O) groups is 2. The van der Waals surface area contributed by atoms with Crippen molar-refractivity contribution in [2.75, 3.05) is 7.11 Å². The maximum atomic E-state index is 12.2. The molecule has 2 aromatic carbocycles. The molecule has 0 saturated carbocycles. The number of amides is 2. The largest absolute Gasteiger partial charge is 0.497 e. The molecule has 0 aliphatic rings. The van der Waals surface area contributed by atoms with E-state index in [-0.39, 0.29) is 13.2 Å². The zero-order chi connectivity index (χ0) is 19.9. The van der Waals surface area contributed by atoms with Gasteiger partial charge in [-0.05, 0) is 42.0 Å². The van der Waals surface area contributed by atoms with Gasteiger partial charge in [-0.15, -0.1) is 0 Å². The van der Waals surface area contributed by atoms with Gasteiger partial charge in [0.15, 0.2) is 0 Å². The van der Waals surface area contributed by atoms with E-state index in [9.17, 15) is 9.59 Å². The van der Waals surface area contributed by atoms with E-state index >= 15 is 0 Å². The van der Waals surface area contributed by atoms with E-state index in [0.717, 1.165) is 16.9 Å². The molecule has 144 valence electrons. The predicted octanol–water partition coefficient (Wildman–Crippen LogP) is 2.88. The SMILES string of the molecule is COc1ccc(-c2nc(COC(=O)c3ccc(CNC(N)=O)cc3)co2)cc1. The lowest BCUT2D eigenvalue weighted by atomic mass is 10.1. The molecule has 0 radical (unpaired) electrons. The van der Waals surface area contributed by atoms with E-state index in [4.69, 9.17) is 19.6 Å². The summed E-state index contributed by atoms with van der Waals surface area (Å²) in [5.74, 6) is 0.685. The third-order valence-electron chi connectivity index (χ3n) is 3.90. The summed E-state index contributed by atoms with van der Waals surface area (Å²) in [6.07, 6.45) is 1.45. The second-order valence-corrected chi connectivity index (χ2v) is 5.86. The second-order valence-electron chi connectivity index (χ2n) is 5.86. The molecule has 3 aromatic rings. The fourth-order valence-electron chi connectivity index (χ4n) is 2.41. The van der Waals surface area contributed by atoms with Gasteiger partial charge >= 0.3 is 12.0 Å². The molecule has 0 saturated heterocycles. The number of methoxy groups -OCH3 is 1. The molecule has 28 heavy (non-hydrogen) atoms. The van der Waals surface area contributed by atoms with Crippen LogP contribution in [0.1, 0.15) is 21.6 Å². The number of nitrogens with zero attached hydrogens (tertiary/aromatic N) is 1. The third kappa shape index (κ3) is 4.88. The minimum Gasteiger partial charge on any atom is -0.497 e. The summed E-state index contributed by atoms with van der Waals surface area (Å²) in [5.41, 5.74) is 7.52. The number of nitrogens with two attached hydrogens (primary N) is 1. The van der Waals surface area contributed by atoms with Crippen molar-refractivity contribution in [3.05, 3.63) is 71.6 Å². The molecule has 3 N–H and O–H groups in total. The Bertz CT molecular complexity index is 949. The van der Waals surface area contributed by atoms with Crippen LogP contribution in [0.15, 0.2) is 59.2 Å². The summed E-state index contributed by atoms with van der Waals surface area (Å²) >= 11 is 0. The monoisotopic (exact) mass is 381 g/mol. The number of nitrogens with one attached hydrogen (secondary N) is 1. The van der Waals surface area contributed by atoms with Gasteiger partial charge in [0.05, 0.1) is 12.7 Å². The lowest BCUT2D eigenvalue weighted by Gasteiger charge is -2.05. The average molecular weight is 381 g/mol. The summed E-state index contributed by atoms with van der Waals surface area (Å²) in [6, 6.07) is 13.3. The Balaban J connectivity index is 1.55. The topological polar surface area (TPSA) is 117 Å². The first kappa shape index (κ1) is 19.0. The molecule has 8 nitrogen and oxygen atoms in total. The van der Waals surface area contributed by atoms with Gasteiger partial charge < -0.3 is 24.9 Å². The molecule has 8 heteroatoms. The highest BCUT2D eigenvalue weighted by Crippen LogP contribution is 2.22. The van der Waals surface area contributed by atoms with Crippen molar-refractivity contribution in [3.63, 3.8) is 0 Å². The van der Waals surface area contributed by atoms with Crippen LogP contribution in [0.25, 0.3) is 11.5 Å². The van der Waals surface area contributed by atoms with Crippen LogP contribution in [0.2, 0.25) is 0 Å². The predicted molar refractivity (Wildman–Crippen MR) is 100 cm³/mol. The molecule has 0 bridgehead atoms. The van der Waals surface area contributed by atoms with Crippen LogP contribution in [0.3, 0.4) is 0 Å². The summed E-state index contributed by atoms with van der Waals surface area (Å²) in [6.45, 7) is 0.279. The molecular weight excluding hydrogens is 362 g/mol. The van der Waals surface area contributed by atoms with E-state index in [1.165, 1.54) is 6.26 Å². The number of aromatic nitrogens is 1. The number of oxazole rings is 1. The number of esters is 1. The van der Waals surface area contributed by atoms with E-state index < -0.39 is 12.0 Å². The Labute approximate surface area is 161 Å². The van der Waals surface area contributed by atoms with Gasteiger partial charge in [-0.1, -0.05) is 12.1 Å². The molecular formula is C20H19N3O5. The normalized spacial score (nSPS) is 10.3. The van der Waals surface area contributed by atoms with Gasteiger partial charge in [0.25, 0.3) is 0 Å². The summed E-state index contributed by atoms with van der Waals surface area (Å²) in [7, 11) is 1.60. The Hall–Kier alpha value is -3.81. The maximum absolute atomic E-state index is 12.2. The number of carbonyl (C=O) groups excluding carboxylic acids is 2. The quantitative estimate of drug-likeness (QED) is 0.608. The second kappa shape index (κ2) is 8.72. The number of hydrogen-bond donors (Lipinski definition) is 2. The van der Waals surface area contributed by atoms with Crippen molar-refractivity contribution in [2.24, 2.45) is 5.73 Å². The Morgan fingerprint density at radius 2 is 1.82 bits per heavy atom. The van der Waals surface area contributed by atoms with E-state index in [1.807, 2.05) is 24.3 Å². The number of benzene rings is 2. The molecule has 0 unspecified atom stereocenters. The molecule has 0 fully saturated rings. The first-order valence-electron chi connectivity index (χ1n) is 8.43. The van der Waals surface area contributed by atoms with E-state index in [0.29, 0.717) is 17.1 Å². The van der Waals surface area contributed by atoms with Crippen LogP contribution < -0.4 is 15.8 Å². The van der Waals surface area contributed by atoms with Crippen LogP contribution in [-0.4, -0.2) is 24.1 Å².